The molecule has 0 saturated carbocycles. The number of hydrogen-bond acceptors (Lipinski definition) is 3. The lowest BCUT2D eigenvalue weighted by Crippen LogP contribution is -2.40. The number of carbonyl (C=O) groups is 2. The molecular weight excluding hydrogens is 254 g/mol. The Morgan fingerprint density at radius 2 is 2.00 bits per heavy atom. The highest BCUT2D eigenvalue weighted by molar-refractivity contribution is 6.40. The number of nitrogens with zero attached hydrogens (tertiary/aromatic N) is 3. The summed E-state index contributed by atoms with van der Waals surface area (Å²) in [7, 11) is 1.76. The van der Waals surface area contributed by atoms with E-state index in [4.69, 9.17) is 0 Å². The van der Waals surface area contributed by atoms with Gasteiger partial charge in [0.15, 0.2) is 0 Å². The van der Waals surface area contributed by atoms with Crippen LogP contribution in [0.4, 0.5) is 5.69 Å². The average Bonchev–Trinajstić information content (AvgIpc) is 2.48. The molecule has 0 atom stereocenters. The molecule has 20 heavy (non-hydrogen) atoms. The van der Waals surface area contributed by atoms with Gasteiger partial charge in [-0.1, -0.05) is 25.1 Å². The van der Waals surface area contributed by atoms with E-state index in [0.29, 0.717) is 30.8 Å². The van der Waals surface area contributed by atoms with Crippen LogP contribution in [0.3, 0.4) is 0 Å². The molecule has 5 nitrogen and oxygen atoms in total. The second-order valence-corrected chi connectivity index (χ2v) is 4.81. The van der Waals surface area contributed by atoms with Crippen molar-refractivity contribution in [3.05, 3.63) is 30.3 Å². The molecule has 0 N–H and O–H groups in total. The fourth-order valence-electron chi connectivity index (χ4n) is 2.14. The first-order valence-corrected chi connectivity index (χ1v) is 6.84. The zero-order valence-corrected chi connectivity index (χ0v) is 11.9. The summed E-state index contributed by atoms with van der Waals surface area (Å²) in [5, 5.41) is 5.58. The fraction of sp³-hybridized carbons (Fsp3) is 0.400. The Kier molecular flexibility index (Phi) is 4.50. The summed E-state index contributed by atoms with van der Waals surface area (Å²) in [4.78, 5) is 25.8. The molecule has 1 aliphatic heterocycles. The molecule has 2 amide bonds. The molecule has 0 fully saturated rings. The van der Waals surface area contributed by atoms with Crippen LogP contribution in [-0.4, -0.2) is 36.0 Å². The predicted octanol–water partition coefficient (Wildman–Crippen LogP) is 2.04. The Morgan fingerprint density at radius 3 is 2.65 bits per heavy atom. The van der Waals surface area contributed by atoms with E-state index >= 15 is 0 Å². The van der Waals surface area contributed by atoms with E-state index in [1.807, 2.05) is 37.3 Å². The van der Waals surface area contributed by atoms with Gasteiger partial charge in [-0.2, -0.15) is 5.10 Å². The van der Waals surface area contributed by atoms with Gasteiger partial charge < -0.3 is 4.90 Å². The number of hydrazone groups is 1. The zero-order valence-electron chi connectivity index (χ0n) is 11.9. The smallest absolute Gasteiger partial charge is 0.269 e. The van der Waals surface area contributed by atoms with Crippen LogP contribution in [0.1, 0.15) is 26.2 Å². The van der Waals surface area contributed by atoms with Gasteiger partial charge in [0.1, 0.15) is 5.71 Å². The Balaban J connectivity index is 2.23. The summed E-state index contributed by atoms with van der Waals surface area (Å²) in [5.41, 5.74) is 1.14. The maximum absolute atomic E-state index is 12.2. The first-order chi connectivity index (χ1) is 9.63. The molecule has 0 radical (unpaired) electrons. The van der Waals surface area contributed by atoms with Crippen LogP contribution < -0.4 is 5.01 Å². The SMILES string of the molecule is CCCN(C)C(=O)C1=NN(c2ccccc2)C(=O)CC1. The van der Waals surface area contributed by atoms with E-state index < -0.39 is 0 Å². The molecule has 106 valence electrons. The van der Waals surface area contributed by atoms with Crippen molar-refractivity contribution in [2.45, 2.75) is 26.2 Å². The minimum atomic E-state index is -0.0970. The van der Waals surface area contributed by atoms with Crippen molar-refractivity contribution in [3.63, 3.8) is 0 Å². The van der Waals surface area contributed by atoms with Gasteiger partial charge in [-0.05, 0) is 18.6 Å². The van der Waals surface area contributed by atoms with Crippen LogP contribution in [0.2, 0.25) is 0 Å². The lowest BCUT2D eigenvalue weighted by Gasteiger charge is -2.25. The predicted molar refractivity (Wildman–Crippen MR) is 78.5 cm³/mol. The summed E-state index contributed by atoms with van der Waals surface area (Å²) in [6, 6.07) is 9.19. The van der Waals surface area contributed by atoms with Crippen LogP contribution in [0.25, 0.3) is 0 Å². The van der Waals surface area contributed by atoms with Gasteiger partial charge in [0, 0.05) is 26.4 Å². The number of carbonyl (C=O) groups excluding carboxylic acids is 2. The van der Waals surface area contributed by atoms with E-state index in [2.05, 4.69) is 5.10 Å². The van der Waals surface area contributed by atoms with Crippen LogP contribution in [0, 0.1) is 0 Å². The Labute approximate surface area is 118 Å². The molecular formula is C15H19N3O2. The van der Waals surface area contributed by atoms with E-state index in [1.54, 1.807) is 11.9 Å². The molecule has 0 aliphatic carbocycles. The quantitative estimate of drug-likeness (QED) is 0.843. The van der Waals surface area contributed by atoms with Gasteiger partial charge in [-0.25, -0.2) is 5.01 Å². The molecule has 1 heterocycles. The summed E-state index contributed by atoms with van der Waals surface area (Å²) in [6.07, 6.45) is 1.63. The van der Waals surface area contributed by atoms with Crippen molar-refractivity contribution in [1.82, 2.24) is 4.90 Å². The van der Waals surface area contributed by atoms with Gasteiger partial charge in [-0.3, -0.25) is 9.59 Å². The largest absolute Gasteiger partial charge is 0.341 e. The maximum Gasteiger partial charge on any atom is 0.269 e. The lowest BCUT2D eigenvalue weighted by molar-refractivity contribution is -0.123. The fourth-order valence-corrected chi connectivity index (χ4v) is 2.14. The maximum atomic E-state index is 12.2. The highest BCUT2D eigenvalue weighted by Gasteiger charge is 2.26. The molecule has 0 saturated heterocycles. The Bertz CT molecular complexity index is 525. The number of amides is 2. The second-order valence-electron chi connectivity index (χ2n) is 4.81. The van der Waals surface area contributed by atoms with Gasteiger partial charge in [0.2, 0.25) is 5.91 Å². The summed E-state index contributed by atoms with van der Waals surface area (Å²) >= 11 is 0. The summed E-state index contributed by atoms with van der Waals surface area (Å²) in [5.74, 6) is -0.175. The van der Waals surface area contributed by atoms with Crippen LogP contribution in [0.5, 0.6) is 0 Å². The van der Waals surface area contributed by atoms with E-state index in [-0.39, 0.29) is 11.8 Å². The van der Waals surface area contributed by atoms with Crippen LogP contribution in [0.15, 0.2) is 35.4 Å². The van der Waals surface area contributed by atoms with Crippen molar-refractivity contribution in [3.8, 4) is 0 Å². The molecule has 1 aromatic rings. The Hall–Kier alpha value is -2.17. The minimum Gasteiger partial charge on any atom is -0.341 e. The van der Waals surface area contributed by atoms with E-state index in [1.165, 1.54) is 5.01 Å². The highest BCUT2D eigenvalue weighted by Crippen LogP contribution is 2.20. The molecule has 0 bridgehead atoms. The normalized spacial score (nSPS) is 15.0. The van der Waals surface area contributed by atoms with E-state index in [0.717, 1.165) is 6.42 Å². The van der Waals surface area contributed by atoms with Crippen molar-refractivity contribution in [2.75, 3.05) is 18.6 Å². The van der Waals surface area contributed by atoms with Crippen LogP contribution >= 0.6 is 0 Å². The topological polar surface area (TPSA) is 53.0 Å². The van der Waals surface area contributed by atoms with Crippen molar-refractivity contribution >= 4 is 23.2 Å². The standard InChI is InChI=1S/C15H19N3O2/c1-3-11-17(2)15(20)13-9-10-14(19)18(16-13)12-7-5-4-6-8-12/h4-8H,3,9-11H2,1-2H3. The third-order valence-corrected chi connectivity index (χ3v) is 3.19. The Morgan fingerprint density at radius 1 is 1.30 bits per heavy atom. The molecule has 0 spiro atoms. The number of hydrogen-bond donors (Lipinski definition) is 0. The highest BCUT2D eigenvalue weighted by atomic mass is 16.2. The summed E-state index contributed by atoms with van der Waals surface area (Å²) in [6.45, 7) is 2.71. The first-order valence-electron chi connectivity index (χ1n) is 6.84. The lowest BCUT2D eigenvalue weighted by atomic mass is 10.1. The van der Waals surface area contributed by atoms with Gasteiger partial charge >= 0.3 is 0 Å². The van der Waals surface area contributed by atoms with Crippen LogP contribution in [-0.2, 0) is 9.59 Å². The van der Waals surface area contributed by atoms with Gasteiger partial charge in [-0.15, -0.1) is 0 Å². The molecule has 1 aliphatic rings. The van der Waals surface area contributed by atoms with Gasteiger partial charge in [0.05, 0.1) is 5.69 Å². The zero-order chi connectivity index (χ0) is 14.5. The molecule has 0 aromatic heterocycles. The molecule has 1 aromatic carbocycles. The van der Waals surface area contributed by atoms with Crippen molar-refractivity contribution in [1.29, 1.82) is 0 Å². The first kappa shape index (κ1) is 14.2. The third kappa shape index (κ3) is 3.04. The number of para-hydroxylation sites is 1. The molecule has 5 heteroatoms. The summed E-state index contributed by atoms with van der Waals surface area (Å²) < 4.78 is 0. The second kappa shape index (κ2) is 6.32. The van der Waals surface area contributed by atoms with E-state index in [9.17, 15) is 9.59 Å². The molecule has 0 unspecified atom stereocenters. The number of anilines is 1. The number of rotatable bonds is 4. The van der Waals surface area contributed by atoms with Crippen molar-refractivity contribution < 1.29 is 9.59 Å². The number of benzene rings is 1. The third-order valence-electron chi connectivity index (χ3n) is 3.19. The van der Waals surface area contributed by atoms with Crippen molar-refractivity contribution in [2.24, 2.45) is 5.10 Å². The molecule has 2 rings (SSSR count). The van der Waals surface area contributed by atoms with Gasteiger partial charge in [0.25, 0.3) is 5.91 Å². The monoisotopic (exact) mass is 273 g/mol. The average molecular weight is 273 g/mol. The minimum absolute atomic E-state index is 0.0779.